The number of amides is 1. The zero-order chi connectivity index (χ0) is 14.5. The third kappa shape index (κ3) is 6.07. The van der Waals surface area contributed by atoms with Gasteiger partial charge < -0.3 is 9.64 Å². The van der Waals surface area contributed by atoms with Crippen LogP contribution >= 0.6 is 15.9 Å². The Morgan fingerprint density at radius 2 is 2.00 bits per heavy atom. The summed E-state index contributed by atoms with van der Waals surface area (Å²) in [5.74, 6) is -0.500. The SMILES string of the molecule is CN(Cc1ccccc1Br)C(=O)COCC(F)(F)F. The highest BCUT2D eigenvalue weighted by molar-refractivity contribution is 9.10. The van der Waals surface area contributed by atoms with Crippen LogP contribution in [0.25, 0.3) is 0 Å². The van der Waals surface area contributed by atoms with Crippen LogP contribution in [0.3, 0.4) is 0 Å². The van der Waals surface area contributed by atoms with Crippen LogP contribution in [-0.2, 0) is 16.1 Å². The second-order valence-electron chi connectivity index (χ2n) is 3.95. The first-order valence-corrected chi connectivity index (χ1v) is 6.21. The second-order valence-corrected chi connectivity index (χ2v) is 4.80. The fourth-order valence-electron chi connectivity index (χ4n) is 1.33. The molecule has 0 bridgehead atoms. The zero-order valence-corrected chi connectivity index (χ0v) is 11.8. The van der Waals surface area contributed by atoms with Gasteiger partial charge in [-0.25, -0.2) is 0 Å². The molecule has 0 saturated heterocycles. The number of nitrogens with zero attached hydrogens (tertiary/aromatic N) is 1. The summed E-state index contributed by atoms with van der Waals surface area (Å²) >= 11 is 3.33. The number of likely N-dealkylation sites (N-methyl/N-ethyl adjacent to an activating group) is 1. The maximum Gasteiger partial charge on any atom is 0.411 e. The van der Waals surface area contributed by atoms with Gasteiger partial charge in [-0.2, -0.15) is 13.2 Å². The third-order valence-electron chi connectivity index (χ3n) is 2.28. The molecule has 19 heavy (non-hydrogen) atoms. The molecule has 0 aliphatic rings. The minimum atomic E-state index is -4.42. The van der Waals surface area contributed by atoms with Gasteiger partial charge in [0.25, 0.3) is 0 Å². The minimum Gasteiger partial charge on any atom is -0.362 e. The van der Waals surface area contributed by atoms with Crippen molar-refractivity contribution in [2.75, 3.05) is 20.3 Å². The lowest BCUT2D eigenvalue weighted by atomic mass is 10.2. The van der Waals surface area contributed by atoms with Crippen LogP contribution in [0.15, 0.2) is 28.7 Å². The van der Waals surface area contributed by atoms with E-state index in [1.807, 2.05) is 24.3 Å². The molecule has 0 atom stereocenters. The third-order valence-corrected chi connectivity index (χ3v) is 3.06. The molecule has 0 aliphatic carbocycles. The Morgan fingerprint density at radius 3 is 2.58 bits per heavy atom. The van der Waals surface area contributed by atoms with Crippen molar-refractivity contribution in [2.45, 2.75) is 12.7 Å². The van der Waals surface area contributed by atoms with E-state index in [2.05, 4.69) is 20.7 Å². The summed E-state index contributed by atoms with van der Waals surface area (Å²) in [6.45, 7) is -1.70. The molecular formula is C12H13BrF3NO2. The summed E-state index contributed by atoms with van der Waals surface area (Å²) in [6, 6.07) is 7.30. The Labute approximate surface area is 117 Å². The first-order chi connectivity index (χ1) is 8.79. The van der Waals surface area contributed by atoms with Crippen molar-refractivity contribution >= 4 is 21.8 Å². The standard InChI is InChI=1S/C12H13BrF3NO2/c1-17(6-9-4-2-3-5-10(9)13)11(18)7-19-8-12(14,15)16/h2-5H,6-8H2,1H3. The molecule has 0 N–H and O–H groups in total. The van der Waals surface area contributed by atoms with Crippen LogP contribution in [0.2, 0.25) is 0 Å². The average molecular weight is 340 g/mol. The van der Waals surface area contributed by atoms with Crippen molar-refractivity contribution in [1.82, 2.24) is 4.90 Å². The molecule has 1 rings (SSSR count). The molecule has 0 radical (unpaired) electrons. The molecule has 0 spiro atoms. The largest absolute Gasteiger partial charge is 0.411 e. The Morgan fingerprint density at radius 1 is 1.37 bits per heavy atom. The molecular weight excluding hydrogens is 327 g/mol. The van der Waals surface area contributed by atoms with Crippen molar-refractivity contribution in [1.29, 1.82) is 0 Å². The zero-order valence-electron chi connectivity index (χ0n) is 10.2. The van der Waals surface area contributed by atoms with Gasteiger partial charge in [0.05, 0.1) is 0 Å². The summed E-state index contributed by atoms with van der Waals surface area (Å²) in [6.07, 6.45) is -4.42. The summed E-state index contributed by atoms with van der Waals surface area (Å²) in [4.78, 5) is 12.9. The van der Waals surface area contributed by atoms with E-state index in [9.17, 15) is 18.0 Å². The van der Waals surface area contributed by atoms with Crippen LogP contribution in [0.5, 0.6) is 0 Å². The predicted molar refractivity (Wildman–Crippen MR) is 67.5 cm³/mol. The van der Waals surface area contributed by atoms with Crippen molar-refractivity contribution in [2.24, 2.45) is 0 Å². The number of carbonyl (C=O) groups is 1. The molecule has 0 aromatic heterocycles. The van der Waals surface area contributed by atoms with Gasteiger partial charge in [-0.3, -0.25) is 4.79 Å². The highest BCUT2D eigenvalue weighted by atomic mass is 79.9. The van der Waals surface area contributed by atoms with E-state index in [1.54, 1.807) is 0 Å². The normalized spacial score (nSPS) is 11.4. The maximum absolute atomic E-state index is 11.9. The van der Waals surface area contributed by atoms with Crippen LogP contribution in [0.4, 0.5) is 13.2 Å². The molecule has 7 heteroatoms. The maximum atomic E-state index is 11.9. The monoisotopic (exact) mass is 339 g/mol. The highest BCUT2D eigenvalue weighted by Gasteiger charge is 2.28. The quantitative estimate of drug-likeness (QED) is 0.825. The number of alkyl halides is 3. The van der Waals surface area contributed by atoms with E-state index in [1.165, 1.54) is 11.9 Å². The molecule has 1 aromatic carbocycles. The lowest BCUT2D eigenvalue weighted by Gasteiger charge is -2.18. The number of carbonyl (C=O) groups excluding carboxylic acids is 1. The summed E-state index contributed by atoms with van der Waals surface area (Å²) in [5.41, 5.74) is 0.870. The van der Waals surface area contributed by atoms with E-state index in [0.29, 0.717) is 6.54 Å². The van der Waals surface area contributed by atoms with Crippen LogP contribution in [0, 0.1) is 0 Å². The molecule has 0 heterocycles. The number of rotatable bonds is 5. The predicted octanol–water partition coefficient (Wildman–Crippen LogP) is 2.99. The lowest BCUT2D eigenvalue weighted by molar-refractivity contribution is -0.177. The number of halogens is 4. The van der Waals surface area contributed by atoms with E-state index < -0.39 is 25.3 Å². The van der Waals surface area contributed by atoms with Gasteiger partial charge in [-0.15, -0.1) is 0 Å². The van der Waals surface area contributed by atoms with Crippen LogP contribution in [-0.4, -0.2) is 37.2 Å². The van der Waals surface area contributed by atoms with Crippen molar-refractivity contribution in [3.8, 4) is 0 Å². The van der Waals surface area contributed by atoms with Gasteiger partial charge in [-0.05, 0) is 11.6 Å². The smallest absolute Gasteiger partial charge is 0.362 e. The highest BCUT2D eigenvalue weighted by Crippen LogP contribution is 2.17. The summed E-state index contributed by atoms with van der Waals surface area (Å²) < 4.78 is 40.7. The molecule has 0 saturated carbocycles. The van der Waals surface area contributed by atoms with E-state index in [-0.39, 0.29) is 0 Å². The second kappa shape index (κ2) is 6.91. The van der Waals surface area contributed by atoms with Gasteiger partial charge in [0.2, 0.25) is 5.91 Å². The lowest BCUT2D eigenvalue weighted by Crippen LogP contribution is -2.31. The molecule has 0 fully saturated rings. The fourth-order valence-corrected chi connectivity index (χ4v) is 1.74. The van der Waals surface area contributed by atoms with Gasteiger partial charge in [0.1, 0.15) is 13.2 Å². The number of hydrogen-bond acceptors (Lipinski definition) is 2. The van der Waals surface area contributed by atoms with Gasteiger partial charge >= 0.3 is 6.18 Å². The molecule has 3 nitrogen and oxygen atoms in total. The number of hydrogen-bond donors (Lipinski definition) is 0. The molecule has 1 amide bonds. The van der Waals surface area contributed by atoms with Crippen LogP contribution in [0.1, 0.15) is 5.56 Å². The van der Waals surface area contributed by atoms with Gasteiger partial charge in [0.15, 0.2) is 0 Å². The summed E-state index contributed by atoms with van der Waals surface area (Å²) in [7, 11) is 1.51. The van der Waals surface area contributed by atoms with Crippen molar-refractivity contribution < 1.29 is 22.7 Å². The Kier molecular flexibility index (Phi) is 5.81. The van der Waals surface area contributed by atoms with E-state index in [0.717, 1.165) is 10.0 Å². The van der Waals surface area contributed by atoms with Crippen molar-refractivity contribution in [3.05, 3.63) is 34.3 Å². The minimum absolute atomic E-state index is 0.301. The average Bonchev–Trinajstić information content (AvgIpc) is 2.30. The molecule has 0 unspecified atom stereocenters. The Bertz CT molecular complexity index is 437. The van der Waals surface area contributed by atoms with E-state index in [4.69, 9.17) is 0 Å². The topological polar surface area (TPSA) is 29.5 Å². The van der Waals surface area contributed by atoms with Gasteiger partial charge in [0, 0.05) is 18.1 Å². The Balaban J connectivity index is 2.43. The molecule has 0 aliphatic heterocycles. The van der Waals surface area contributed by atoms with Crippen LogP contribution < -0.4 is 0 Å². The Hall–Kier alpha value is -1.08. The summed E-state index contributed by atoms with van der Waals surface area (Å²) in [5, 5.41) is 0. The molecule has 106 valence electrons. The fraction of sp³-hybridized carbons (Fsp3) is 0.417. The number of ether oxygens (including phenoxy) is 1. The van der Waals surface area contributed by atoms with Gasteiger partial charge in [-0.1, -0.05) is 34.1 Å². The number of benzene rings is 1. The molecule has 1 aromatic rings. The first-order valence-electron chi connectivity index (χ1n) is 5.41. The van der Waals surface area contributed by atoms with E-state index >= 15 is 0 Å². The van der Waals surface area contributed by atoms with Crippen molar-refractivity contribution in [3.63, 3.8) is 0 Å². The first kappa shape index (κ1) is 16.0.